The lowest BCUT2D eigenvalue weighted by molar-refractivity contribution is -0.125. The van der Waals surface area contributed by atoms with Gasteiger partial charge in [-0.2, -0.15) is 0 Å². The van der Waals surface area contributed by atoms with E-state index in [4.69, 9.17) is 0 Å². The van der Waals surface area contributed by atoms with Crippen LogP contribution in [0.2, 0.25) is 0 Å². The number of hydrogen-bond acceptors (Lipinski definition) is 3. The zero-order valence-corrected chi connectivity index (χ0v) is 12.2. The molecule has 1 atom stereocenters. The topological polar surface area (TPSA) is 49.4 Å². The molecule has 4 nitrogen and oxygen atoms in total. The summed E-state index contributed by atoms with van der Waals surface area (Å²) in [5, 5.41) is 2.94. The molecule has 20 heavy (non-hydrogen) atoms. The highest BCUT2D eigenvalue weighted by atomic mass is 16.2. The van der Waals surface area contributed by atoms with Crippen molar-refractivity contribution in [2.45, 2.75) is 19.3 Å². The van der Waals surface area contributed by atoms with Gasteiger partial charge in [0.15, 0.2) is 5.78 Å². The number of Topliss-reactive ketones (excluding diaryl/α,β-unsaturated/α-hetero) is 1. The van der Waals surface area contributed by atoms with Gasteiger partial charge in [0.05, 0.1) is 0 Å². The molecule has 108 valence electrons. The van der Waals surface area contributed by atoms with E-state index in [1.807, 2.05) is 38.4 Å². The molecule has 0 saturated carbocycles. The van der Waals surface area contributed by atoms with Gasteiger partial charge in [0.1, 0.15) is 0 Å². The van der Waals surface area contributed by atoms with Gasteiger partial charge in [-0.3, -0.25) is 9.59 Å². The molecule has 0 aliphatic heterocycles. The summed E-state index contributed by atoms with van der Waals surface area (Å²) in [5.74, 6) is -0.122. The maximum atomic E-state index is 12.1. The molecule has 0 bridgehead atoms. The fraction of sp³-hybridized carbons (Fsp3) is 0.500. The third-order valence-corrected chi connectivity index (χ3v) is 3.67. The second-order valence-electron chi connectivity index (χ2n) is 5.63. The van der Waals surface area contributed by atoms with E-state index in [-0.39, 0.29) is 17.6 Å². The van der Waals surface area contributed by atoms with Crippen LogP contribution in [0.1, 0.15) is 28.8 Å². The predicted octanol–water partition coefficient (Wildman–Crippen LogP) is 1.50. The van der Waals surface area contributed by atoms with E-state index < -0.39 is 0 Å². The van der Waals surface area contributed by atoms with Gasteiger partial charge in [-0.05, 0) is 39.0 Å². The minimum atomic E-state index is -0.211. The molecule has 0 saturated heterocycles. The minimum absolute atomic E-state index is 0.00612. The maximum absolute atomic E-state index is 12.1. The molecule has 1 aliphatic rings. The molecule has 0 radical (unpaired) electrons. The Morgan fingerprint density at radius 2 is 2.05 bits per heavy atom. The van der Waals surface area contributed by atoms with Crippen molar-refractivity contribution >= 4 is 11.7 Å². The van der Waals surface area contributed by atoms with Gasteiger partial charge in [-0.25, -0.2) is 0 Å². The van der Waals surface area contributed by atoms with Crippen molar-refractivity contribution in [3.05, 3.63) is 35.4 Å². The average molecular weight is 274 g/mol. The number of carbonyl (C=O) groups is 2. The van der Waals surface area contributed by atoms with Crippen LogP contribution in [0.25, 0.3) is 0 Å². The van der Waals surface area contributed by atoms with E-state index >= 15 is 0 Å². The normalized spacial score (nSPS) is 17.9. The van der Waals surface area contributed by atoms with Gasteiger partial charge in [0, 0.05) is 24.4 Å². The first-order valence-corrected chi connectivity index (χ1v) is 7.11. The summed E-state index contributed by atoms with van der Waals surface area (Å²) < 4.78 is 0. The minimum Gasteiger partial charge on any atom is -0.356 e. The van der Waals surface area contributed by atoms with Gasteiger partial charge in [0.25, 0.3) is 0 Å². The summed E-state index contributed by atoms with van der Waals surface area (Å²) in [6.07, 6.45) is 1.92. The lowest BCUT2D eigenvalue weighted by atomic mass is 9.82. The first kappa shape index (κ1) is 14.7. The van der Waals surface area contributed by atoms with Crippen molar-refractivity contribution < 1.29 is 9.59 Å². The fourth-order valence-corrected chi connectivity index (χ4v) is 2.58. The van der Waals surface area contributed by atoms with Gasteiger partial charge >= 0.3 is 0 Å². The lowest BCUT2D eigenvalue weighted by Crippen LogP contribution is -2.36. The van der Waals surface area contributed by atoms with Crippen LogP contribution in [0.15, 0.2) is 24.3 Å². The largest absolute Gasteiger partial charge is 0.356 e. The molecule has 1 N–H and O–H groups in total. The molecule has 1 aliphatic carbocycles. The van der Waals surface area contributed by atoms with E-state index in [9.17, 15) is 9.59 Å². The van der Waals surface area contributed by atoms with Gasteiger partial charge in [0.2, 0.25) is 5.91 Å². The molecule has 1 aromatic carbocycles. The molecule has 1 amide bonds. The lowest BCUT2D eigenvalue weighted by Gasteiger charge is -2.23. The third-order valence-electron chi connectivity index (χ3n) is 3.67. The van der Waals surface area contributed by atoms with Gasteiger partial charge in [-0.15, -0.1) is 0 Å². The summed E-state index contributed by atoms with van der Waals surface area (Å²) in [4.78, 5) is 26.2. The maximum Gasteiger partial charge on any atom is 0.223 e. The van der Waals surface area contributed by atoms with Crippen LogP contribution in [0.4, 0.5) is 0 Å². The number of hydrogen-bond donors (Lipinski definition) is 1. The standard InChI is InChI=1S/C16H22N2O2/c1-18(2)9-5-8-17-16(20)13-10-12-6-3-4-7-14(12)15(19)11-13/h3-4,6-7,13H,5,8-11H2,1-2H3,(H,17,20). The van der Waals surface area contributed by atoms with Gasteiger partial charge < -0.3 is 10.2 Å². The number of nitrogens with one attached hydrogen (secondary N) is 1. The van der Waals surface area contributed by atoms with Crippen LogP contribution in [0, 0.1) is 5.92 Å². The summed E-state index contributed by atoms with van der Waals surface area (Å²) in [6.45, 7) is 1.62. The smallest absolute Gasteiger partial charge is 0.223 e. The Bertz CT molecular complexity index is 497. The van der Waals surface area contributed by atoms with Crippen LogP contribution in [0.3, 0.4) is 0 Å². The summed E-state index contributed by atoms with van der Waals surface area (Å²) >= 11 is 0. The number of carbonyl (C=O) groups excluding carboxylic acids is 2. The van der Waals surface area contributed by atoms with Crippen molar-refractivity contribution in [2.75, 3.05) is 27.2 Å². The monoisotopic (exact) mass is 274 g/mol. The Hall–Kier alpha value is -1.68. The number of nitrogens with zero attached hydrogens (tertiary/aromatic N) is 1. The third kappa shape index (κ3) is 3.67. The summed E-state index contributed by atoms with van der Waals surface area (Å²) in [6, 6.07) is 7.59. The zero-order valence-electron chi connectivity index (χ0n) is 12.2. The number of rotatable bonds is 5. The second kappa shape index (κ2) is 6.66. The highest BCUT2D eigenvalue weighted by molar-refractivity contribution is 6.01. The Kier molecular flexibility index (Phi) is 4.90. The molecule has 2 rings (SSSR count). The molecular formula is C16H22N2O2. The number of amides is 1. The highest BCUT2D eigenvalue weighted by Gasteiger charge is 2.29. The molecule has 0 fully saturated rings. The van der Waals surface area contributed by atoms with Crippen LogP contribution in [0.5, 0.6) is 0 Å². The number of ketones is 1. The SMILES string of the molecule is CN(C)CCCNC(=O)C1CC(=O)c2ccccc2C1. The molecule has 0 heterocycles. The Morgan fingerprint density at radius 3 is 2.80 bits per heavy atom. The van der Waals surface area contributed by atoms with E-state index in [1.54, 1.807) is 0 Å². The average Bonchev–Trinajstić information content (AvgIpc) is 2.43. The predicted molar refractivity (Wildman–Crippen MR) is 78.8 cm³/mol. The van der Waals surface area contributed by atoms with E-state index in [2.05, 4.69) is 10.2 Å². The summed E-state index contributed by atoms with van der Waals surface area (Å²) in [7, 11) is 4.02. The van der Waals surface area contributed by atoms with Crippen molar-refractivity contribution in [3.63, 3.8) is 0 Å². The fourth-order valence-electron chi connectivity index (χ4n) is 2.58. The van der Waals surface area contributed by atoms with Crippen LogP contribution in [-0.2, 0) is 11.2 Å². The first-order chi connectivity index (χ1) is 9.58. The molecule has 0 spiro atoms. The van der Waals surface area contributed by atoms with E-state index in [0.29, 0.717) is 19.4 Å². The Labute approximate surface area is 120 Å². The van der Waals surface area contributed by atoms with Crippen LogP contribution in [-0.4, -0.2) is 43.8 Å². The van der Waals surface area contributed by atoms with E-state index in [0.717, 1.165) is 24.1 Å². The van der Waals surface area contributed by atoms with Crippen molar-refractivity contribution in [1.29, 1.82) is 0 Å². The van der Waals surface area contributed by atoms with Gasteiger partial charge in [-0.1, -0.05) is 24.3 Å². The van der Waals surface area contributed by atoms with Crippen molar-refractivity contribution in [3.8, 4) is 0 Å². The highest BCUT2D eigenvalue weighted by Crippen LogP contribution is 2.25. The Balaban J connectivity index is 1.88. The quantitative estimate of drug-likeness (QED) is 0.828. The molecule has 4 heteroatoms. The van der Waals surface area contributed by atoms with E-state index in [1.165, 1.54) is 0 Å². The number of fused-ring (bicyclic) bond motifs is 1. The Morgan fingerprint density at radius 1 is 1.30 bits per heavy atom. The summed E-state index contributed by atoms with van der Waals surface area (Å²) in [5.41, 5.74) is 1.78. The number of benzene rings is 1. The first-order valence-electron chi connectivity index (χ1n) is 7.11. The van der Waals surface area contributed by atoms with Crippen LogP contribution >= 0.6 is 0 Å². The molecule has 1 unspecified atom stereocenters. The molecule has 1 aromatic rings. The molecular weight excluding hydrogens is 252 g/mol. The second-order valence-corrected chi connectivity index (χ2v) is 5.63. The van der Waals surface area contributed by atoms with Crippen molar-refractivity contribution in [2.24, 2.45) is 5.92 Å². The van der Waals surface area contributed by atoms with Crippen molar-refractivity contribution in [1.82, 2.24) is 10.2 Å². The zero-order chi connectivity index (χ0) is 14.5. The van der Waals surface area contributed by atoms with Crippen LogP contribution < -0.4 is 5.32 Å². The molecule has 0 aromatic heterocycles.